The summed E-state index contributed by atoms with van der Waals surface area (Å²) in [7, 11) is 0. The molecule has 0 saturated carbocycles. The van der Waals surface area contributed by atoms with Gasteiger partial charge in [-0.25, -0.2) is 0 Å². The van der Waals surface area contributed by atoms with Crippen LogP contribution in [0, 0.1) is 0 Å². The van der Waals surface area contributed by atoms with Gasteiger partial charge in [-0.15, -0.1) is 11.3 Å². The number of halogens is 2. The van der Waals surface area contributed by atoms with Crippen LogP contribution in [0.5, 0.6) is 0 Å². The van der Waals surface area contributed by atoms with Crippen molar-refractivity contribution in [2.75, 3.05) is 0 Å². The monoisotopic (exact) mass is 293 g/mol. The van der Waals surface area contributed by atoms with Gasteiger partial charge in [-0.1, -0.05) is 11.6 Å². The summed E-state index contributed by atoms with van der Waals surface area (Å²) in [6, 6.07) is 3.34. The van der Waals surface area contributed by atoms with Crippen LogP contribution in [0.25, 0.3) is 0 Å². The van der Waals surface area contributed by atoms with Crippen molar-refractivity contribution in [3.8, 4) is 0 Å². The second-order valence-electron chi connectivity index (χ2n) is 3.97. The van der Waals surface area contributed by atoms with Gasteiger partial charge >= 0.3 is 0 Å². The Hall–Kier alpha value is 0.430. The number of nitrogens with one attached hydrogen (secondary N) is 1. The van der Waals surface area contributed by atoms with Gasteiger partial charge in [-0.3, -0.25) is 0 Å². The molecule has 14 heavy (non-hydrogen) atoms. The Kier molecular flexibility index (Phi) is 3.22. The molecule has 0 aromatic carbocycles. The molecule has 2 heterocycles. The van der Waals surface area contributed by atoms with Crippen molar-refractivity contribution in [3.63, 3.8) is 0 Å². The smallest absolute Gasteiger partial charge is 0.107 e. The first-order valence-electron chi connectivity index (χ1n) is 4.78. The molecule has 1 fully saturated rings. The molecule has 3 unspecified atom stereocenters. The highest BCUT2D eigenvalue weighted by molar-refractivity contribution is 9.10. The average Bonchev–Trinajstić information content (AvgIpc) is 2.57. The van der Waals surface area contributed by atoms with E-state index in [0.29, 0.717) is 18.0 Å². The molecular formula is C10H13BrClNS. The largest absolute Gasteiger partial charge is 0.311 e. The van der Waals surface area contributed by atoms with Crippen LogP contribution >= 0.6 is 38.9 Å². The molecule has 0 aliphatic carbocycles. The first-order chi connectivity index (χ1) is 6.58. The van der Waals surface area contributed by atoms with Gasteiger partial charge in [0, 0.05) is 27.4 Å². The van der Waals surface area contributed by atoms with Crippen molar-refractivity contribution >= 4 is 38.9 Å². The zero-order valence-corrected chi connectivity index (χ0v) is 11.3. The highest BCUT2D eigenvalue weighted by Gasteiger charge is 2.30. The van der Waals surface area contributed by atoms with E-state index < -0.39 is 0 Å². The summed E-state index contributed by atoms with van der Waals surface area (Å²) >= 11 is 11.2. The van der Waals surface area contributed by atoms with E-state index in [0.717, 1.165) is 8.81 Å². The summed E-state index contributed by atoms with van der Waals surface area (Å²) in [4.78, 5) is 1.39. The van der Waals surface area contributed by atoms with Gasteiger partial charge in [0.2, 0.25) is 0 Å². The van der Waals surface area contributed by atoms with Crippen molar-refractivity contribution in [2.24, 2.45) is 0 Å². The highest BCUT2D eigenvalue weighted by atomic mass is 79.9. The Morgan fingerprint density at radius 1 is 1.57 bits per heavy atom. The van der Waals surface area contributed by atoms with Crippen molar-refractivity contribution in [1.29, 1.82) is 0 Å². The van der Waals surface area contributed by atoms with Crippen LogP contribution in [0.2, 0.25) is 4.34 Å². The fraction of sp³-hybridized carbons (Fsp3) is 0.600. The first kappa shape index (κ1) is 10.9. The maximum absolute atomic E-state index is 6.04. The maximum atomic E-state index is 6.04. The Balaban J connectivity index is 2.23. The molecule has 0 amide bonds. The Morgan fingerprint density at radius 3 is 2.71 bits per heavy atom. The summed E-state index contributed by atoms with van der Waals surface area (Å²) in [5, 5.41) is 3.54. The van der Waals surface area contributed by atoms with Gasteiger partial charge < -0.3 is 5.32 Å². The molecule has 1 nitrogen and oxygen atoms in total. The van der Waals surface area contributed by atoms with Crippen molar-refractivity contribution in [2.45, 2.75) is 38.3 Å². The third-order valence-electron chi connectivity index (χ3n) is 2.79. The number of hydrogen-bond donors (Lipinski definition) is 1. The molecule has 0 radical (unpaired) electrons. The van der Waals surface area contributed by atoms with Gasteiger partial charge in [0.15, 0.2) is 0 Å². The predicted molar refractivity (Wildman–Crippen MR) is 66.4 cm³/mol. The molecule has 1 saturated heterocycles. The van der Waals surface area contributed by atoms with Crippen LogP contribution in [-0.4, -0.2) is 12.1 Å². The molecule has 78 valence electrons. The molecule has 0 bridgehead atoms. The second kappa shape index (κ2) is 4.12. The van der Waals surface area contributed by atoms with Gasteiger partial charge in [0.05, 0.1) is 0 Å². The number of hydrogen-bond acceptors (Lipinski definition) is 2. The van der Waals surface area contributed by atoms with Gasteiger partial charge in [-0.05, 0) is 42.3 Å². The summed E-state index contributed by atoms with van der Waals surface area (Å²) < 4.78 is 1.90. The first-order valence-corrected chi connectivity index (χ1v) is 6.77. The van der Waals surface area contributed by atoms with E-state index in [1.807, 2.05) is 0 Å². The fourth-order valence-corrected chi connectivity index (χ4v) is 4.08. The van der Waals surface area contributed by atoms with Crippen LogP contribution in [-0.2, 0) is 0 Å². The predicted octanol–water partition coefficient (Wildman–Crippen LogP) is 4.02. The maximum Gasteiger partial charge on any atom is 0.107 e. The SMILES string of the molecule is CC1CC(c2cc(Br)c(Cl)s2)C(C)N1. The standard InChI is InChI=1S/C10H13BrClNS/c1-5-3-7(6(2)13-5)9-4-8(11)10(12)14-9/h4-7,13H,3H2,1-2H3. The molecule has 0 spiro atoms. The lowest BCUT2D eigenvalue weighted by atomic mass is 9.99. The number of thiophene rings is 1. The average molecular weight is 295 g/mol. The minimum atomic E-state index is 0.562. The van der Waals surface area contributed by atoms with E-state index in [2.05, 4.69) is 41.2 Å². The van der Waals surface area contributed by atoms with Crippen LogP contribution in [0.1, 0.15) is 31.1 Å². The summed E-state index contributed by atoms with van der Waals surface area (Å²) in [5.41, 5.74) is 0. The van der Waals surface area contributed by atoms with E-state index >= 15 is 0 Å². The van der Waals surface area contributed by atoms with Crippen LogP contribution in [0.3, 0.4) is 0 Å². The van der Waals surface area contributed by atoms with Crippen LogP contribution < -0.4 is 5.32 Å². The van der Waals surface area contributed by atoms with Crippen LogP contribution in [0.15, 0.2) is 10.5 Å². The van der Waals surface area contributed by atoms with Crippen molar-refractivity contribution in [1.82, 2.24) is 5.32 Å². The summed E-state index contributed by atoms with van der Waals surface area (Å²) in [6.07, 6.45) is 1.21. The zero-order chi connectivity index (χ0) is 10.3. The summed E-state index contributed by atoms with van der Waals surface area (Å²) in [5.74, 6) is 0.624. The van der Waals surface area contributed by atoms with Crippen LogP contribution in [0.4, 0.5) is 0 Å². The van der Waals surface area contributed by atoms with Gasteiger partial charge in [-0.2, -0.15) is 0 Å². The molecule has 1 aliphatic rings. The lowest BCUT2D eigenvalue weighted by molar-refractivity contribution is 0.578. The highest BCUT2D eigenvalue weighted by Crippen LogP contribution is 2.40. The van der Waals surface area contributed by atoms with E-state index in [-0.39, 0.29) is 0 Å². The Morgan fingerprint density at radius 2 is 2.29 bits per heavy atom. The van der Waals surface area contributed by atoms with Crippen molar-refractivity contribution in [3.05, 3.63) is 19.8 Å². The molecule has 2 rings (SSSR count). The van der Waals surface area contributed by atoms with E-state index in [4.69, 9.17) is 11.6 Å². The third-order valence-corrected chi connectivity index (χ3v) is 5.39. The van der Waals surface area contributed by atoms with Gasteiger partial charge in [0.1, 0.15) is 4.34 Å². The number of rotatable bonds is 1. The Labute approximate surface area is 102 Å². The van der Waals surface area contributed by atoms with E-state index in [9.17, 15) is 0 Å². The fourth-order valence-electron chi connectivity index (χ4n) is 2.13. The lowest BCUT2D eigenvalue weighted by Crippen LogP contribution is -2.25. The quantitative estimate of drug-likeness (QED) is 0.825. The molecular weight excluding hydrogens is 282 g/mol. The molecule has 1 aromatic heterocycles. The minimum absolute atomic E-state index is 0.562. The molecule has 1 aromatic rings. The zero-order valence-electron chi connectivity index (χ0n) is 8.18. The molecule has 3 atom stereocenters. The Bertz CT molecular complexity index is 319. The topological polar surface area (TPSA) is 12.0 Å². The van der Waals surface area contributed by atoms with E-state index in [1.165, 1.54) is 11.3 Å². The normalized spacial score (nSPS) is 32.4. The van der Waals surface area contributed by atoms with E-state index in [1.54, 1.807) is 11.3 Å². The van der Waals surface area contributed by atoms with Gasteiger partial charge in [0.25, 0.3) is 0 Å². The molecule has 1 N–H and O–H groups in total. The molecule has 4 heteroatoms. The second-order valence-corrected chi connectivity index (χ2v) is 6.51. The summed E-state index contributed by atoms with van der Waals surface area (Å²) in [6.45, 7) is 4.48. The van der Waals surface area contributed by atoms with Crippen molar-refractivity contribution < 1.29 is 0 Å². The lowest BCUT2D eigenvalue weighted by Gasteiger charge is -2.11. The molecule has 1 aliphatic heterocycles. The third kappa shape index (κ3) is 2.01. The minimum Gasteiger partial charge on any atom is -0.311 e.